The molecule has 0 aliphatic heterocycles. The van der Waals surface area contributed by atoms with Gasteiger partial charge in [-0.2, -0.15) is 0 Å². The predicted octanol–water partition coefficient (Wildman–Crippen LogP) is 4.19. The Morgan fingerprint density at radius 1 is 1.06 bits per heavy atom. The molecule has 2 aromatic heterocycles. The lowest BCUT2D eigenvalue weighted by molar-refractivity contribution is -0.384. The molecule has 11 heteroatoms. The van der Waals surface area contributed by atoms with Crippen molar-refractivity contribution >= 4 is 11.7 Å². The van der Waals surface area contributed by atoms with Gasteiger partial charge < -0.3 is 18.4 Å². The number of nitrogens with zero attached hydrogens (tertiary/aromatic N) is 4. The first-order valence-corrected chi connectivity index (χ1v) is 9.80. The molecular weight excluding hydrogens is 432 g/mol. The van der Waals surface area contributed by atoms with Gasteiger partial charge in [-0.05, 0) is 38.1 Å². The summed E-state index contributed by atoms with van der Waals surface area (Å²) in [6.07, 6.45) is 0. The zero-order valence-corrected chi connectivity index (χ0v) is 17.7. The summed E-state index contributed by atoms with van der Waals surface area (Å²) in [5.74, 6) is 0.594. The molecule has 4 aromatic rings. The molecule has 0 saturated carbocycles. The second kappa shape index (κ2) is 9.30. The summed E-state index contributed by atoms with van der Waals surface area (Å²) < 4.78 is 21.7. The van der Waals surface area contributed by atoms with Crippen LogP contribution in [0.1, 0.15) is 33.3 Å². The topological polar surface area (TPSA) is 144 Å². The van der Waals surface area contributed by atoms with Crippen LogP contribution in [0.2, 0.25) is 0 Å². The van der Waals surface area contributed by atoms with Crippen LogP contribution in [0.3, 0.4) is 0 Å². The number of benzene rings is 2. The van der Waals surface area contributed by atoms with Crippen molar-refractivity contribution in [2.24, 2.45) is 0 Å². The van der Waals surface area contributed by atoms with Crippen molar-refractivity contribution in [2.75, 3.05) is 0 Å². The van der Waals surface area contributed by atoms with Gasteiger partial charge in [0, 0.05) is 17.7 Å². The zero-order valence-electron chi connectivity index (χ0n) is 17.7. The highest BCUT2D eigenvalue weighted by Crippen LogP contribution is 2.24. The minimum Gasteiger partial charge on any atom is -0.488 e. The molecule has 0 fully saturated rings. The molecule has 0 atom stereocenters. The molecule has 0 N–H and O–H groups in total. The van der Waals surface area contributed by atoms with Crippen molar-refractivity contribution in [1.82, 2.24) is 15.4 Å². The van der Waals surface area contributed by atoms with E-state index < -0.39 is 10.9 Å². The van der Waals surface area contributed by atoms with Crippen LogP contribution in [0.4, 0.5) is 5.69 Å². The molecule has 4 rings (SSSR count). The molecule has 33 heavy (non-hydrogen) atoms. The molecule has 0 bridgehead atoms. The maximum absolute atomic E-state index is 12.6. The van der Waals surface area contributed by atoms with E-state index in [9.17, 15) is 14.9 Å². The SMILES string of the molecule is Cc1noc(C)c1COc1ccccc1C(=O)OCc1nnc(-c2ccc([N+](=O)[O-])cc2)o1. The van der Waals surface area contributed by atoms with Crippen LogP contribution in [0.25, 0.3) is 11.5 Å². The molecule has 0 aliphatic carbocycles. The van der Waals surface area contributed by atoms with Crippen molar-refractivity contribution < 1.29 is 28.1 Å². The van der Waals surface area contributed by atoms with Crippen LogP contribution in [0, 0.1) is 24.0 Å². The average molecular weight is 450 g/mol. The minimum atomic E-state index is -0.626. The van der Waals surface area contributed by atoms with E-state index in [1.165, 1.54) is 24.3 Å². The lowest BCUT2D eigenvalue weighted by Gasteiger charge is -2.10. The fourth-order valence-electron chi connectivity index (χ4n) is 2.98. The number of ether oxygens (including phenoxy) is 2. The highest BCUT2D eigenvalue weighted by Gasteiger charge is 2.18. The minimum absolute atomic E-state index is 0.0531. The predicted molar refractivity (Wildman–Crippen MR) is 112 cm³/mol. The van der Waals surface area contributed by atoms with Gasteiger partial charge in [0.1, 0.15) is 23.7 Å². The molecule has 2 aromatic carbocycles. The Morgan fingerprint density at radius 3 is 2.52 bits per heavy atom. The first-order valence-electron chi connectivity index (χ1n) is 9.80. The van der Waals surface area contributed by atoms with Crippen LogP contribution in [0.5, 0.6) is 5.75 Å². The number of hydrogen-bond acceptors (Lipinski definition) is 10. The van der Waals surface area contributed by atoms with E-state index in [0.29, 0.717) is 22.8 Å². The molecule has 168 valence electrons. The molecule has 0 unspecified atom stereocenters. The quantitative estimate of drug-likeness (QED) is 0.218. The van der Waals surface area contributed by atoms with Crippen LogP contribution < -0.4 is 4.74 Å². The van der Waals surface area contributed by atoms with Crippen molar-refractivity contribution in [3.05, 3.63) is 87.1 Å². The van der Waals surface area contributed by atoms with E-state index in [2.05, 4.69) is 15.4 Å². The smallest absolute Gasteiger partial charge is 0.342 e. The van der Waals surface area contributed by atoms with Crippen LogP contribution in [-0.4, -0.2) is 26.2 Å². The number of carbonyl (C=O) groups excluding carboxylic acids is 1. The molecule has 0 aliphatic rings. The molecule has 2 heterocycles. The monoisotopic (exact) mass is 450 g/mol. The molecule has 0 spiro atoms. The summed E-state index contributed by atoms with van der Waals surface area (Å²) in [5, 5.41) is 22.4. The van der Waals surface area contributed by atoms with Gasteiger partial charge in [-0.15, -0.1) is 10.2 Å². The lowest BCUT2D eigenvalue weighted by atomic mass is 10.2. The van der Waals surface area contributed by atoms with E-state index in [4.69, 9.17) is 18.4 Å². The Morgan fingerprint density at radius 2 is 1.82 bits per heavy atom. The molecule has 0 amide bonds. The lowest BCUT2D eigenvalue weighted by Crippen LogP contribution is -2.08. The van der Waals surface area contributed by atoms with Gasteiger partial charge in [-0.3, -0.25) is 10.1 Å². The highest BCUT2D eigenvalue weighted by molar-refractivity contribution is 5.92. The average Bonchev–Trinajstić information content (AvgIpc) is 3.43. The maximum Gasteiger partial charge on any atom is 0.342 e. The number of non-ortho nitro benzene ring substituents is 1. The largest absolute Gasteiger partial charge is 0.488 e. The van der Waals surface area contributed by atoms with Gasteiger partial charge >= 0.3 is 5.97 Å². The van der Waals surface area contributed by atoms with Crippen LogP contribution >= 0.6 is 0 Å². The van der Waals surface area contributed by atoms with Gasteiger partial charge in [0.2, 0.25) is 5.89 Å². The van der Waals surface area contributed by atoms with Crippen molar-refractivity contribution in [2.45, 2.75) is 27.1 Å². The number of nitro groups is 1. The van der Waals surface area contributed by atoms with E-state index in [1.807, 2.05) is 6.92 Å². The summed E-state index contributed by atoms with van der Waals surface area (Å²) in [4.78, 5) is 22.9. The van der Waals surface area contributed by atoms with E-state index in [1.54, 1.807) is 31.2 Å². The van der Waals surface area contributed by atoms with Crippen molar-refractivity contribution in [3.63, 3.8) is 0 Å². The maximum atomic E-state index is 12.6. The Balaban J connectivity index is 1.40. The third kappa shape index (κ3) is 4.87. The fourth-order valence-corrected chi connectivity index (χ4v) is 2.98. The van der Waals surface area contributed by atoms with Gasteiger partial charge in [-0.1, -0.05) is 17.3 Å². The third-order valence-corrected chi connectivity index (χ3v) is 4.78. The van der Waals surface area contributed by atoms with Gasteiger partial charge in [0.25, 0.3) is 11.6 Å². The summed E-state index contributed by atoms with van der Waals surface area (Å²) in [7, 11) is 0. The number of aromatic nitrogens is 3. The summed E-state index contributed by atoms with van der Waals surface area (Å²) >= 11 is 0. The first-order chi connectivity index (χ1) is 15.9. The van der Waals surface area contributed by atoms with Crippen molar-refractivity contribution in [3.8, 4) is 17.2 Å². The van der Waals surface area contributed by atoms with Gasteiger partial charge in [0.15, 0.2) is 6.61 Å². The Labute approximate surface area is 187 Å². The summed E-state index contributed by atoms with van der Waals surface area (Å²) in [6, 6.07) is 12.3. The third-order valence-electron chi connectivity index (χ3n) is 4.78. The number of esters is 1. The number of aryl methyl sites for hydroxylation is 2. The fraction of sp³-hybridized carbons (Fsp3) is 0.182. The summed E-state index contributed by atoms with van der Waals surface area (Å²) in [6.45, 7) is 3.53. The van der Waals surface area contributed by atoms with Gasteiger partial charge in [-0.25, -0.2) is 4.79 Å². The number of rotatable bonds is 8. The highest BCUT2D eigenvalue weighted by atomic mass is 16.6. The second-order valence-corrected chi connectivity index (χ2v) is 6.97. The second-order valence-electron chi connectivity index (χ2n) is 6.97. The Bertz CT molecular complexity index is 1270. The van der Waals surface area contributed by atoms with E-state index in [0.717, 1.165) is 5.56 Å². The molecule has 11 nitrogen and oxygen atoms in total. The number of hydrogen-bond donors (Lipinski definition) is 0. The van der Waals surface area contributed by atoms with Crippen LogP contribution in [0.15, 0.2) is 57.5 Å². The Hall–Kier alpha value is -4.54. The normalized spacial score (nSPS) is 10.7. The molecule has 0 saturated heterocycles. The van der Waals surface area contributed by atoms with Crippen LogP contribution in [-0.2, 0) is 18.0 Å². The molecular formula is C22H18N4O7. The Kier molecular flexibility index (Phi) is 6.11. The standard InChI is InChI=1S/C22H18N4O7/c1-13-18(14(2)33-25-13)11-30-19-6-4-3-5-17(19)22(27)31-12-20-23-24-21(32-20)15-7-9-16(10-8-15)26(28)29/h3-10H,11-12H2,1-2H3. The number of carbonyl (C=O) groups is 1. The number of nitro benzene ring substituents is 1. The van der Waals surface area contributed by atoms with E-state index >= 15 is 0 Å². The summed E-state index contributed by atoms with van der Waals surface area (Å²) in [5.41, 5.74) is 2.21. The zero-order chi connectivity index (χ0) is 23.4. The van der Waals surface area contributed by atoms with E-state index in [-0.39, 0.29) is 36.2 Å². The first kappa shape index (κ1) is 21.7. The number of para-hydroxylation sites is 1. The molecule has 0 radical (unpaired) electrons. The van der Waals surface area contributed by atoms with Crippen molar-refractivity contribution in [1.29, 1.82) is 0 Å². The van der Waals surface area contributed by atoms with Gasteiger partial charge in [0.05, 0.1) is 16.2 Å².